The molecule has 0 atom stereocenters. The van der Waals surface area contributed by atoms with Crippen LogP contribution in [0.3, 0.4) is 0 Å². The molecule has 0 aliphatic heterocycles. The molecule has 2 aromatic carbocycles. The van der Waals surface area contributed by atoms with Crippen LogP contribution in [0, 0.1) is 0 Å². The monoisotopic (exact) mass is 285 g/mol. The van der Waals surface area contributed by atoms with Gasteiger partial charge in [-0.2, -0.15) is 0 Å². The Morgan fingerprint density at radius 3 is 1.57 bits per heavy atom. The van der Waals surface area contributed by atoms with E-state index >= 15 is 0 Å². The summed E-state index contributed by atoms with van der Waals surface area (Å²) in [5.74, 6) is 0. The molecule has 0 aliphatic rings. The molecule has 99 valence electrons. The van der Waals surface area contributed by atoms with E-state index in [0.717, 1.165) is 11.0 Å². The van der Waals surface area contributed by atoms with Gasteiger partial charge < -0.3 is 0 Å². The van der Waals surface area contributed by atoms with Crippen LogP contribution < -0.4 is 10.4 Å². The Labute approximate surface area is 125 Å². The van der Waals surface area contributed by atoms with E-state index in [4.69, 9.17) is 0 Å². The number of aromatic nitrogens is 2. The Kier molecular flexibility index (Phi) is 2.98. The number of hydrogen-bond acceptors (Lipinski definition) is 2. The lowest BCUT2D eigenvalue weighted by atomic mass is 10.2. The molecule has 0 saturated carbocycles. The van der Waals surface area contributed by atoms with E-state index in [1.54, 1.807) is 0 Å². The van der Waals surface area contributed by atoms with Crippen molar-refractivity contribution in [3.05, 3.63) is 73.1 Å². The van der Waals surface area contributed by atoms with Crippen molar-refractivity contribution in [1.29, 1.82) is 0 Å². The second-order valence-electron chi connectivity index (χ2n) is 4.99. The minimum atomic E-state index is -0.0218. The molecule has 2 heterocycles. The fourth-order valence-corrected chi connectivity index (χ4v) is 4.16. The van der Waals surface area contributed by atoms with Gasteiger partial charge in [-0.25, -0.2) is 0 Å². The molecular formula is C18H13N2Si. The summed E-state index contributed by atoms with van der Waals surface area (Å²) in [5, 5.41) is 5.06. The summed E-state index contributed by atoms with van der Waals surface area (Å²) < 4.78 is 0. The van der Waals surface area contributed by atoms with Crippen LogP contribution in [0.4, 0.5) is 0 Å². The molecule has 2 nitrogen and oxygen atoms in total. The summed E-state index contributed by atoms with van der Waals surface area (Å²) in [6, 6.07) is 21.1. The summed E-state index contributed by atoms with van der Waals surface area (Å²) >= 11 is 0. The van der Waals surface area contributed by atoms with Gasteiger partial charge in [0.1, 0.15) is 9.52 Å². The highest BCUT2D eigenvalue weighted by atomic mass is 28.2. The van der Waals surface area contributed by atoms with Crippen LogP contribution in [-0.4, -0.2) is 19.5 Å². The third-order valence-corrected chi connectivity index (χ3v) is 5.19. The molecule has 3 heteroatoms. The van der Waals surface area contributed by atoms with Crippen molar-refractivity contribution in [2.24, 2.45) is 0 Å². The van der Waals surface area contributed by atoms with E-state index < -0.39 is 0 Å². The van der Waals surface area contributed by atoms with E-state index in [-0.39, 0.29) is 9.52 Å². The van der Waals surface area contributed by atoms with Gasteiger partial charge in [-0.3, -0.25) is 9.97 Å². The summed E-state index contributed by atoms with van der Waals surface area (Å²) in [5.41, 5.74) is 2.23. The van der Waals surface area contributed by atoms with Crippen LogP contribution in [0.2, 0.25) is 0 Å². The third kappa shape index (κ3) is 2.21. The third-order valence-electron chi connectivity index (χ3n) is 3.64. The predicted octanol–water partition coefficient (Wildman–Crippen LogP) is 2.17. The highest BCUT2D eigenvalue weighted by Crippen LogP contribution is 2.09. The highest BCUT2D eigenvalue weighted by molar-refractivity contribution is 6.71. The van der Waals surface area contributed by atoms with Gasteiger partial charge in [0.15, 0.2) is 0 Å². The lowest BCUT2D eigenvalue weighted by molar-refractivity contribution is 1.42. The van der Waals surface area contributed by atoms with Gasteiger partial charge in [-0.05, 0) is 22.5 Å². The van der Waals surface area contributed by atoms with E-state index in [1.807, 2.05) is 24.5 Å². The summed E-state index contributed by atoms with van der Waals surface area (Å²) in [4.78, 5) is 9.12. The second kappa shape index (κ2) is 5.11. The molecule has 0 bridgehead atoms. The molecule has 21 heavy (non-hydrogen) atoms. The molecule has 0 saturated heterocycles. The first kappa shape index (κ1) is 12.2. The largest absolute Gasteiger partial charge is 0.256 e. The second-order valence-corrected chi connectivity index (χ2v) is 6.52. The Hall–Kier alpha value is -2.52. The first-order chi connectivity index (χ1) is 10.4. The van der Waals surface area contributed by atoms with E-state index in [2.05, 4.69) is 58.5 Å². The van der Waals surface area contributed by atoms with Crippen molar-refractivity contribution in [2.75, 3.05) is 0 Å². The maximum absolute atomic E-state index is 4.56. The zero-order valence-electron chi connectivity index (χ0n) is 11.4. The van der Waals surface area contributed by atoms with E-state index in [0.29, 0.717) is 0 Å². The lowest BCUT2D eigenvalue weighted by Crippen LogP contribution is -2.29. The number of nitrogens with zero attached hydrogens (tertiary/aromatic N) is 2. The smallest absolute Gasteiger partial charge is 0.109 e. The zero-order valence-corrected chi connectivity index (χ0v) is 12.6. The number of fused-ring (bicyclic) bond motifs is 2. The van der Waals surface area contributed by atoms with Crippen molar-refractivity contribution >= 4 is 41.7 Å². The highest BCUT2D eigenvalue weighted by Gasteiger charge is 2.07. The van der Waals surface area contributed by atoms with Crippen LogP contribution in [-0.2, 0) is 0 Å². The lowest BCUT2D eigenvalue weighted by Gasteiger charge is -2.07. The standard InChI is InChI=1S/C18H13N2Si/c1-5-13-7-3-11-19-17(13)15(9-1)21-16-10-2-6-14-8-4-12-20-18(14)16/h1-12,21H. The molecular weight excluding hydrogens is 272 g/mol. The fourth-order valence-electron chi connectivity index (χ4n) is 2.66. The molecule has 4 aromatic rings. The first-order valence-corrected chi connectivity index (χ1v) is 8.09. The van der Waals surface area contributed by atoms with Gasteiger partial charge in [0, 0.05) is 23.2 Å². The Morgan fingerprint density at radius 1 is 0.571 bits per heavy atom. The van der Waals surface area contributed by atoms with Gasteiger partial charge in [0.25, 0.3) is 0 Å². The van der Waals surface area contributed by atoms with Crippen LogP contribution >= 0.6 is 0 Å². The van der Waals surface area contributed by atoms with Crippen LogP contribution in [0.25, 0.3) is 21.8 Å². The Bertz CT molecular complexity index is 846. The van der Waals surface area contributed by atoms with Crippen molar-refractivity contribution < 1.29 is 0 Å². The van der Waals surface area contributed by atoms with Crippen LogP contribution in [0.15, 0.2) is 73.1 Å². The fraction of sp³-hybridized carbons (Fsp3) is 0. The maximum atomic E-state index is 4.56. The number of benzene rings is 2. The van der Waals surface area contributed by atoms with Gasteiger partial charge in [-0.15, -0.1) is 0 Å². The SMILES string of the molecule is c1cnc2c([SiH]c3cccc4cccnc34)cccc2c1. The molecule has 0 amide bonds. The van der Waals surface area contributed by atoms with E-state index in [1.165, 1.54) is 21.1 Å². The van der Waals surface area contributed by atoms with Crippen molar-refractivity contribution in [3.63, 3.8) is 0 Å². The van der Waals surface area contributed by atoms with Gasteiger partial charge in [0.2, 0.25) is 0 Å². The Balaban J connectivity index is 1.87. The molecule has 0 aliphatic carbocycles. The predicted molar refractivity (Wildman–Crippen MR) is 89.9 cm³/mol. The maximum Gasteiger partial charge on any atom is 0.109 e. The van der Waals surface area contributed by atoms with Gasteiger partial charge >= 0.3 is 0 Å². The normalized spacial score (nSPS) is 11.0. The molecule has 0 N–H and O–H groups in total. The average molecular weight is 285 g/mol. The first-order valence-electron chi connectivity index (χ1n) is 6.94. The molecule has 1 radical (unpaired) electrons. The topological polar surface area (TPSA) is 25.8 Å². The zero-order chi connectivity index (χ0) is 14.1. The molecule has 0 fully saturated rings. The average Bonchev–Trinajstić information content (AvgIpc) is 2.56. The molecule has 2 aromatic heterocycles. The number of para-hydroxylation sites is 2. The Morgan fingerprint density at radius 2 is 1.05 bits per heavy atom. The van der Waals surface area contributed by atoms with E-state index in [9.17, 15) is 0 Å². The van der Waals surface area contributed by atoms with Gasteiger partial charge in [-0.1, -0.05) is 48.5 Å². The number of pyridine rings is 2. The quantitative estimate of drug-likeness (QED) is 0.528. The summed E-state index contributed by atoms with van der Waals surface area (Å²) in [7, 11) is -0.0218. The minimum absolute atomic E-state index is 0.0218. The van der Waals surface area contributed by atoms with Crippen molar-refractivity contribution in [3.8, 4) is 0 Å². The van der Waals surface area contributed by atoms with Crippen molar-refractivity contribution in [1.82, 2.24) is 9.97 Å². The summed E-state index contributed by atoms with van der Waals surface area (Å²) in [6.45, 7) is 0. The molecule has 4 rings (SSSR count). The van der Waals surface area contributed by atoms with Crippen LogP contribution in [0.5, 0.6) is 0 Å². The number of hydrogen-bond donors (Lipinski definition) is 0. The summed E-state index contributed by atoms with van der Waals surface area (Å²) in [6.07, 6.45) is 3.74. The number of rotatable bonds is 2. The van der Waals surface area contributed by atoms with Crippen LogP contribution in [0.1, 0.15) is 0 Å². The minimum Gasteiger partial charge on any atom is -0.256 e. The van der Waals surface area contributed by atoms with Gasteiger partial charge in [0.05, 0.1) is 11.0 Å². The molecule has 0 spiro atoms. The van der Waals surface area contributed by atoms with Crippen molar-refractivity contribution in [2.45, 2.75) is 0 Å². The molecule has 0 unspecified atom stereocenters.